The highest BCUT2D eigenvalue weighted by Crippen LogP contribution is 2.35. The van der Waals surface area contributed by atoms with E-state index < -0.39 is 5.91 Å². The van der Waals surface area contributed by atoms with Crippen LogP contribution in [0.1, 0.15) is 0 Å². The summed E-state index contributed by atoms with van der Waals surface area (Å²) in [7, 11) is 0. The standard InChI is InChI=1S/C25H17FN6O3/c1-15(12-27)24(33)32-18-3-2-4-20(11-18)35-25-22(23(28)30-14-31-25)16-5-10-21(29-13-16)34-19-8-6-17(26)7-9-19/h2-11,13-14H,1H2,(H,32,33)(H2,28,30,31). The number of nitrogens with two attached hydrogens (primary N) is 1. The van der Waals surface area contributed by atoms with E-state index >= 15 is 0 Å². The Hall–Kier alpha value is -5.30. The molecule has 2 aromatic carbocycles. The minimum atomic E-state index is -0.620. The molecule has 0 fully saturated rings. The van der Waals surface area contributed by atoms with Gasteiger partial charge in [-0.15, -0.1) is 0 Å². The van der Waals surface area contributed by atoms with E-state index in [1.165, 1.54) is 36.8 Å². The van der Waals surface area contributed by atoms with E-state index in [0.29, 0.717) is 34.2 Å². The van der Waals surface area contributed by atoms with Gasteiger partial charge in [0.15, 0.2) is 0 Å². The molecule has 1 amide bonds. The molecule has 0 unspecified atom stereocenters. The van der Waals surface area contributed by atoms with Crippen molar-refractivity contribution in [2.45, 2.75) is 0 Å². The highest BCUT2D eigenvalue weighted by Gasteiger charge is 2.16. The van der Waals surface area contributed by atoms with Crippen LogP contribution >= 0.6 is 0 Å². The van der Waals surface area contributed by atoms with Crippen LogP contribution in [0.5, 0.6) is 23.3 Å². The minimum Gasteiger partial charge on any atom is -0.439 e. The lowest BCUT2D eigenvalue weighted by atomic mass is 10.1. The molecular weight excluding hydrogens is 451 g/mol. The summed E-state index contributed by atoms with van der Waals surface area (Å²) in [5.74, 6) is 0.423. The number of anilines is 2. The van der Waals surface area contributed by atoms with Crippen LogP contribution in [0.4, 0.5) is 15.9 Å². The molecule has 35 heavy (non-hydrogen) atoms. The lowest BCUT2D eigenvalue weighted by Crippen LogP contribution is -2.12. The van der Waals surface area contributed by atoms with Crippen LogP contribution in [-0.2, 0) is 4.79 Å². The number of hydrogen-bond acceptors (Lipinski definition) is 8. The number of hydrogen-bond donors (Lipinski definition) is 2. The maximum Gasteiger partial charge on any atom is 0.265 e. The van der Waals surface area contributed by atoms with Gasteiger partial charge in [-0.05, 0) is 42.5 Å². The number of benzene rings is 2. The third-order valence-corrected chi connectivity index (χ3v) is 4.62. The van der Waals surface area contributed by atoms with Gasteiger partial charge < -0.3 is 20.5 Å². The van der Waals surface area contributed by atoms with Crippen LogP contribution in [0.3, 0.4) is 0 Å². The van der Waals surface area contributed by atoms with Gasteiger partial charge in [-0.2, -0.15) is 5.26 Å². The van der Waals surface area contributed by atoms with Crippen LogP contribution in [0.2, 0.25) is 0 Å². The molecule has 172 valence electrons. The summed E-state index contributed by atoms with van der Waals surface area (Å²) in [5.41, 5.74) is 7.26. The summed E-state index contributed by atoms with van der Waals surface area (Å²) in [6, 6.07) is 17.1. The normalized spacial score (nSPS) is 10.2. The quantitative estimate of drug-likeness (QED) is 0.290. The maximum absolute atomic E-state index is 13.1. The second kappa shape index (κ2) is 10.1. The lowest BCUT2D eigenvalue weighted by Gasteiger charge is -2.13. The first-order chi connectivity index (χ1) is 16.9. The van der Waals surface area contributed by atoms with Crippen molar-refractivity contribution in [3.63, 3.8) is 0 Å². The Morgan fingerprint density at radius 1 is 1.03 bits per heavy atom. The Kier molecular flexibility index (Phi) is 6.60. The van der Waals surface area contributed by atoms with Gasteiger partial charge in [0.05, 0.1) is 5.56 Å². The van der Waals surface area contributed by atoms with Crippen molar-refractivity contribution in [3.05, 3.63) is 91.2 Å². The van der Waals surface area contributed by atoms with Crippen molar-refractivity contribution in [2.75, 3.05) is 11.1 Å². The monoisotopic (exact) mass is 468 g/mol. The zero-order valence-corrected chi connectivity index (χ0v) is 18.1. The summed E-state index contributed by atoms with van der Waals surface area (Å²) in [6.45, 7) is 3.38. The van der Waals surface area contributed by atoms with Crippen LogP contribution in [0, 0.1) is 17.1 Å². The summed E-state index contributed by atoms with van der Waals surface area (Å²) >= 11 is 0. The molecule has 0 aliphatic rings. The van der Waals surface area contributed by atoms with Gasteiger partial charge in [0.2, 0.25) is 11.8 Å². The van der Waals surface area contributed by atoms with Gasteiger partial charge in [0.25, 0.3) is 5.91 Å². The molecule has 2 heterocycles. The molecule has 10 heteroatoms. The Morgan fingerprint density at radius 3 is 2.54 bits per heavy atom. The first-order valence-electron chi connectivity index (χ1n) is 10.1. The van der Waals surface area contributed by atoms with Crippen molar-refractivity contribution in [2.24, 2.45) is 0 Å². The van der Waals surface area contributed by atoms with Gasteiger partial charge in [-0.3, -0.25) is 4.79 Å². The number of amides is 1. The predicted octanol–water partition coefficient (Wildman–Crippen LogP) is 4.86. The van der Waals surface area contributed by atoms with Gasteiger partial charge in [0.1, 0.15) is 41.1 Å². The number of nitriles is 1. The molecule has 0 atom stereocenters. The molecule has 3 N–H and O–H groups in total. The molecule has 4 aromatic rings. The van der Waals surface area contributed by atoms with Crippen molar-refractivity contribution >= 4 is 17.4 Å². The number of pyridine rings is 1. The smallest absolute Gasteiger partial charge is 0.265 e. The summed E-state index contributed by atoms with van der Waals surface area (Å²) in [6.07, 6.45) is 2.78. The van der Waals surface area contributed by atoms with E-state index in [2.05, 4.69) is 26.8 Å². The van der Waals surface area contributed by atoms with Crippen molar-refractivity contribution in [3.8, 4) is 40.5 Å². The molecular formula is C25H17FN6O3. The summed E-state index contributed by atoms with van der Waals surface area (Å²) < 4.78 is 24.6. The van der Waals surface area contributed by atoms with E-state index in [0.717, 1.165) is 0 Å². The molecule has 0 aliphatic heterocycles. The third kappa shape index (κ3) is 5.55. The Balaban J connectivity index is 1.56. The van der Waals surface area contributed by atoms with Crippen molar-refractivity contribution < 1.29 is 18.7 Å². The van der Waals surface area contributed by atoms with E-state index in [4.69, 9.17) is 20.5 Å². The fourth-order valence-corrected chi connectivity index (χ4v) is 2.95. The molecule has 0 aliphatic carbocycles. The van der Waals surface area contributed by atoms with Crippen LogP contribution in [0.15, 0.2) is 85.3 Å². The number of aromatic nitrogens is 3. The third-order valence-electron chi connectivity index (χ3n) is 4.62. The van der Waals surface area contributed by atoms with Crippen LogP contribution in [-0.4, -0.2) is 20.9 Å². The van der Waals surface area contributed by atoms with E-state index in [9.17, 15) is 9.18 Å². The summed E-state index contributed by atoms with van der Waals surface area (Å²) in [5, 5.41) is 11.4. The number of ether oxygens (including phenoxy) is 2. The minimum absolute atomic E-state index is 0.163. The van der Waals surface area contributed by atoms with Crippen LogP contribution in [0.25, 0.3) is 11.1 Å². The average molecular weight is 468 g/mol. The van der Waals surface area contributed by atoms with Gasteiger partial charge in [-0.25, -0.2) is 19.3 Å². The van der Waals surface area contributed by atoms with Crippen molar-refractivity contribution in [1.82, 2.24) is 15.0 Å². The second-order valence-corrected chi connectivity index (χ2v) is 7.05. The Labute approximate surface area is 199 Å². The number of rotatable bonds is 7. The average Bonchev–Trinajstić information content (AvgIpc) is 2.86. The molecule has 0 saturated carbocycles. The van der Waals surface area contributed by atoms with E-state index in [1.807, 2.05) is 0 Å². The molecule has 4 rings (SSSR count). The number of nitrogens with one attached hydrogen (secondary N) is 1. The highest BCUT2D eigenvalue weighted by atomic mass is 19.1. The Bertz CT molecular complexity index is 1430. The van der Waals surface area contributed by atoms with Gasteiger partial charge in [-0.1, -0.05) is 12.6 Å². The molecule has 0 saturated heterocycles. The van der Waals surface area contributed by atoms with E-state index in [1.54, 1.807) is 42.5 Å². The molecule has 2 aromatic heterocycles. The second-order valence-electron chi connectivity index (χ2n) is 7.05. The Morgan fingerprint density at radius 2 is 1.83 bits per heavy atom. The number of nitrogens with zero attached hydrogens (tertiary/aromatic N) is 4. The first kappa shape index (κ1) is 22.9. The molecule has 0 bridgehead atoms. The number of halogens is 1. The number of carbonyl (C=O) groups excluding carboxylic acids is 1. The highest BCUT2D eigenvalue weighted by molar-refractivity contribution is 6.06. The number of carbonyl (C=O) groups is 1. The number of nitrogen functional groups attached to an aromatic ring is 1. The summed E-state index contributed by atoms with van der Waals surface area (Å²) in [4.78, 5) is 24.4. The topological polar surface area (TPSA) is 136 Å². The zero-order valence-electron chi connectivity index (χ0n) is 18.1. The fraction of sp³-hybridized carbons (Fsp3) is 0. The lowest BCUT2D eigenvalue weighted by molar-refractivity contribution is -0.112. The predicted molar refractivity (Wildman–Crippen MR) is 126 cm³/mol. The zero-order chi connectivity index (χ0) is 24.8. The fourth-order valence-electron chi connectivity index (χ4n) is 2.95. The van der Waals surface area contributed by atoms with Crippen molar-refractivity contribution in [1.29, 1.82) is 5.26 Å². The van der Waals surface area contributed by atoms with Gasteiger partial charge >= 0.3 is 0 Å². The maximum atomic E-state index is 13.1. The first-order valence-corrected chi connectivity index (χ1v) is 10.1. The van der Waals surface area contributed by atoms with E-state index in [-0.39, 0.29) is 23.1 Å². The SMILES string of the molecule is C=C(C#N)C(=O)Nc1cccc(Oc2ncnc(N)c2-c2ccc(Oc3ccc(F)cc3)nc2)c1. The molecule has 9 nitrogen and oxygen atoms in total. The van der Waals surface area contributed by atoms with Crippen LogP contribution < -0.4 is 20.5 Å². The molecule has 0 radical (unpaired) electrons. The largest absolute Gasteiger partial charge is 0.439 e. The molecule has 0 spiro atoms. The van der Waals surface area contributed by atoms with Gasteiger partial charge in [0, 0.05) is 29.6 Å².